The number of nitrogens with one attached hydrogen (secondary N) is 2. The van der Waals surface area contributed by atoms with E-state index in [2.05, 4.69) is 20.7 Å². The molecule has 0 spiro atoms. The van der Waals surface area contributed by atoms with E-state index >= 15 is 0 Å². The molecule has 2 aromatic heterocycles. The monoisotopic (exact) mass is 296 g/mol. The molecule has 0 aliphatic rings. The fraction of sp³-hybridized carbons (Fsp3) is 0.0667. The number of nitrogens with zero attached hydrogens (tertiary/aromatic N) is 2. The normalized spacial score (nSPS) is 10.4. The van der Waals surface area contributed by atoms with Crippen molar-refractivity contribution in [3.8, 4) is 11.3 Å². The number of amides is 1. The first kappa shape index (κ1) is 13.7. The Hall–Kier alpha value is -3.22. The van der Waals surface area contributed by atoms with Gasteiger partial charge in [0.1, 0.15) is 11.4 Å². The topological polar surface area (TPSA) is 101 Å². The number of carbonyl (C=O) groups is 1. The zero-order valence-corrected chi connectivity index (χ0v) is 11.4. The molecule has 3 aromatic rings. The van der Waals surface area contributed by atoms with Gasteiger partial charge in [0.25, 0.3) is 11.5 Å². The van der Waals surface area contributed by atoms with Gasteiger partial charge in [-0.2, -0.15) is 5.10 Å². The van der Waals surface area contributed by atoms with Crippen molar-refractivity contribution in [2.45, 2.75) is 6.54 Å². The minimum absolute atomic E-state index is 0.131. The lowest BCUT2D eigenvalue weighted by molar-refractivity contribution is 0.0944. The van der Waals surface area contributed by atoms with Gasteiger partial charge >= 0.3 is 0 Å². The third-order valence-electron chi connectivity index (χ3n) is 2.96. The summed E-state index contributed by atoms with van der Waals surface area (Å²) in [6.07, 6.45) is 0. The first-order valence-corrected chi connectivity index (χ1v) is 6.57. The van der Waals surface area contributed by atoms with Crippen LogP contribution in [0.25, 0.3) is 11.3 Å². The Morgan fingerprint density at radius 3 is 2.73 bits per heavy atom. The highest BCUT2D eigenvalue weighted by Gasteiger charge is 2.10. The molecule has 1 aromatic carbocycles. The molecule has 0 atom stereocenters. The van der Waals surface area contributed by atoms with E-state index in [1.54, 1.807) is 6.07 Å². The second-order valence-corrected chi connectivity index (χ2v) is 4.54. The number of aromatic nitrogens is 3. The van der Waals surface area contributed by atoms with Crippen LogP contribution in [-0.4, -0.2) is 21.3 Å². The zero-order valence-electron chi connectivity index (χ0n) is 11.4. The number of H-pyrrole nitrogens is 1. The Morgan fingerprint density at radius 2 is 2.00 bits per heavy atom. The van der Waals surface area contributed by atoms with Gasteiger partial charge in [-0.3, -0.25) is 9.59 Å². The maximum Gasteiger partial charge on any atom is 0.272 e. The minimum Gasteiger partial charge on any atom is -0.356 e. The number of hydrogen-bond acceptors (Lipinski definition) is 5. The van der Waals surface area contributed by atoms with Crippen molar-refractivity contribution in [1.82, 2.24) is 20.7 Å². The van der Waals surface area contributed by atoms with Crippen molar-refractivity contribution in [3.63, 3.8) is 0 Å². The summed E-state index contributed by atoms with van der Waals surface area (Å²) in [6, 6.07) is 13.9. The number of aromatic amines is 1. The van der Waals surface area contributed by atoms with Gasteiger partial charge in [-0.1, -0.05) is 35.5 Å². The summed E-state index contributed by atoms with van der Waals surface area (Å²) in [5.41, 5.74) is 1.28. The molecule has 0 aliphatic carbocycles. The molecule has 0 bridgehead atoms. The van der Waals surface area contributed by atoms with Crippen LogP contribution in [0.5, 0.6) is 0 Å². The SMILES string of the molecule is O=C(NCc1cc(-c2ccccc2)on1)c1ccc(=O)[nH]n1. The fourth-order valence-electron chi connectivity index (χ4n) is 1.87. The van der Waals surface area contributed by atoms with Crippen LogP contribution >= 0.6 is 0 Å². The molecule has 1 amide bonds. The maximum absolute atomic E-state index is 11.9. The Balaban J connectivity index is 1.65. The first-order valence-electron chi connectivity index (χ1n) is 6.57. The van der Waals surface area contributed by atoms with Gasteiger partial charge in [0.2, 0.25) is 0 Å². The largest absolute Gasteiger partial charge is 0.356 e. The molecule has 2 N–H and O–H groups in total. The molecule has 0 radical (unpaired) electrons. The first-order chi connectivity index (χ1) is 10.7. The molecule has 0 unspecified atom stereocenters. The van der Waals surface area contributed by atoms with Gasteiger partial charge in [0.15, 0.2) is 5.76 Å². The average molecular weight is 296 g/mol. The van der Waals surface area contributed by atoms with Crippen LogP contribution in [0.15, 0.2) is 57.8 Å². The third kappa shape index (κ3) is 3.09. The lowest BCUT2D eigenvalue weighted by atomic mass is 10.2. The standard InChI is InChI=1S/C15H12N4O3/c20-14-7-6-12(17-18-14)15(21)16-9-11-8-13(22-19-11)10-4-2-1-3-5-10/h1-8H,9H2,(H,16,21)(H,18,20). The molecule has 0 aliphatic heterocycles. The van der Waals surface area contributed by atoms with Crippen LogP contribution in [0, 0.1) is 0 Å². The van der Waals surface area contributed by atoms with E-state index in [0.717, 1.165) is 5.56 Å². The molecule has 0 saturated carbocycles. The van der Waals surface area contributed by atoms with Crippen LogP contribution in [0.4, 0.5) is 0 Å². The molecule has 7 heteroatoms. The molecule has 0 fully saturated rings. The molecule has 22 heavy (non-hydrogen) atoms. The van der Waals surface area contributed by atoms with Crippen molar-refractivity contribution in [3.05, 3.63) is 70.3 Å². The van der Waals surface area contributed by atoms with Crippen LogP contribution in [-0.2, 0) is 6.54 Å². The van der Waals surface area contributed by atoms with Gasteiger partial charge in [-0.25, -0.2) is 5.10 Å². The summed E-state index contributed by atoms with van der Waals surface area (Å²) >= 11 is 0. The summed E-state index contributed by atoms with van der Waals surface area (Å²) < 4.78 is 5.24. The predicted octanol–water partition coefficient (Wildman–Crippen LogP) is 1.35. The average Bonchev–Trinajstić information content (AvgIpc) is 3.03. The van der Waals surface area contributed by atoms with Crippen LogP contribution in [0.2, 0.25) is 0 Å². The molecule has 0 saturated heterocycles. The van der Waals surface area contributed by atoms with E-state index in [0.29, 0.717) is 11.5 Å². The van der Waals surface area contributed by atoms with Gasteiger partial charge in [0.05, 0.1) is 6.54 Å². The molecular weight excluding hydrogens is 284 g/mol. The third-order valence-corrected chi connectivity index (χ3v) is 2.96. The zero-order chi connectivity index (χ0) is 15.4. The van der Waals surface area contributed by atoms with Crippen molar-refractivity contribution < 1.29 is 9.32 Å². The minimum atomic E-state index is -0.402. The summed E-state index contributed by atoms with van der Waals surface area (Å²) in [4.78, 5) is 22.7. The summed E-state index contributed by atoms with van der Waals surface area (Å²) in [7, 11) is 0. The lowest BCUT2D eigenvalue weighted by Crippen LogP contribution is -2.25. The number of carbonyl (C=O) groups excluding carboxylic acids is 1. The Morgan fingerprint density at radius 1 is 1.18 bits per heavy atom. The second-order valence-electron chi connectivity index (χ2n) is 4.54. The lowest BCUT2D eigenvalue weighted by Gasteiger charge is -2.00. The smallest absolute Gasteiger partial charge is 0.272 e. The van der Waals surface area contributed by atoms with Crippen molar-refractivity contribution >= 4 is 5.91 Å². The van der Waals surface area contributed by atoms with E-state index in [1.807, 2.05) is 30.3 Å². The van der Waals surface area contributed by atoms with Crippen LogP contribution < -0.4 is 10.9 Å². The molecular formula is C15H12N4O3. The summed E-state index contributed by atoms with van der Waals surface area (Å²) in [6.45, 7) is 0.204. The van der Waals surface area contributed by atoms with Crippen molar-refractivity contribution in [2.75, 3.05) is 0 Å². The van der Waals surface area contributed by atoms with Crippen molar-refractivity contribution in [2.24, 2.45) is 0 Å². The van der Waals surface area contributed by atoms with Gasteiger partial charge in [0, 0.05) is 17.7 Å². The van der Waals surface area contributed by atoms with E-state index in [-0.39, 0.29) is 17.8 Å². The summed E-state index contributed by atoms with van der Waals surface area (Å²) in [5.74, 6) is 0.229. The Kier molecular flexibility index (Phi) is 3.78. The van der Waals surface area contributed by atoms with Crippen molar-refractivity contribution in [1.29, 1.82) is 0 Å². The van der Waals surface area contributed by atoms with Crippen LogP contribution in [0.1, 0.15) is 16.2 Å². The van der Waals surface area contributed by atoms with E-state index in [1.165, 1.54) is 12.1 Å². The van der Waals surface area contributed by atoms with E-state index < -0.39 is 5.91 Å². The number of hydrogen-bond donors (Lipinski definition) is 2. The summed E-state index contributed by atoms with van der Waals surface area (Å²) in [5, 5.41) is 12.4. The molecule has 110 valence electrons. The van der Waals surface area contributed by atoms with Gasteiger partial charge < -0.3 is 9.84 Å². The Bertz CT molecular complexity index is 819. The van der Waals surface area contributed by atoms with Crippen LogP contribution in [0.3, 0.4) is 0 Å². The molecule has 7 nitrogen and oxygen atoms in total. The number of benzene rings is 1. The highest BCUT2D eigenvalue weighted by molar-refractivity contribution is 5.91. The highest BCUT2D eigenvalue weighted by atomic mass is 16.5. The van der Waals surface area contributed by atoms with E-state index in [4.69, 9.17) is 4.52 Å². The Labute approximate surface area is 125 Å². The van der Waals surface area contributed by atoms with E-state index in [9.17, 15) is 9.59 Å². The number of rotatable bonds is 4. The molecule has 2 heterocycles. The van der Waals surface area contributed by atoms with Gasteiger partial charge in [-0.05, 0) is 6.07 Å². The quantitative estimate of drug-likeness (QED) is 0.757. The second kappa shape index (κ2) is 6.04. The highest BCUT2D eigenvalue weighted by Crippen LogP contribution is 2.19. The fourth-order valence-corrected chi connectivity index (χ4v) is 1.87. The molecule has 3 rings (SSSR count). The predicted molar refractivity (Wildman–Crippen MR) is 78.0 cm³/mol. The van der Waals surface area contributed by atoms with Gasteiger partial charge in [-0.15, -0.1) is 0 Å². The maximum atomic E-state index is 11.9.